The second-order valence-electron chi connectivity index (χ2n) is 5.49. The molecular weight excluding hydrogens is 306 g/mol. The molecule has 0 fully saturated rings. The summed E-state index contributed by atoms with van der Waals surface area (Å²) < 4.78 is 17.1. The fourth-order valence-corrected chi connectivity index (χ4v) is 2.19. The summed E-state index contributed by atoms with van der Waals surface area (Å²) in [5, 5.41) is 3.84. The molecule has 134 valence electrons. The van der Waals surface area contributed by atoms with E-state index in [0.29, 0.717) is 26.4 Å². The minimum atomic E-state index is 0.515. The lowest BCUT2D eigenvalue weighted by atomic mass is 10.1. The van der Waals surface area contributed by atoms with Crippen molar-refractivity contribution in [1.82, 2.24) is 0 Å². The molecule has 0 aliphatic carbocycles. The van der Waals surface area contributed by atoms with E-state index >= 15 is 0 Å². The van der Waals surface area contributed by atoms with E-state index in [1.54, 1.807) is 7.11 Å². The SMILES string of the molecule is C/C=C/COc1cc(C)c(OCCOCC/C(C)=N/OC)c(C)c1. The molecule has 1 aromatic carbocycles. The zero-order chi connectivity index (χ0) is 17.8. The first kappa shape index (κ1) is 20.0. The van der Waals surface area contributed by atoms with Gasteiger partial charge in [0, 0.05) is 6.42 Å². The normalized spacial score (nSPS) is 11.8. The number of oxime groups is 1. The molecule has 0 amide bonds. The van der Waals surface area contributed by atoms with Gasteiger partial charge in [0.05, 0.1) is 18.9 Å². The predicted molar refractivity (Wildman–Crippen MR) is 97.3 cm³/mol. The van der Waals surface area contributed by atoms with Gasteiger partial charge in [-0.05, 0) is 51.0 Å². The molecule has 0 aliphatic rings. The van der Waals surface area contributed by atoms with Crippen LogP contribution in [0.4, 0.5) is 0 Å². The van der Waals surface area contributed by atoms with Gasteiger partial charge in [0.15, 0.2) is 0 Å². The number of hydrogen-bond donors (Lipinski definition) is 0. The van der Waals surface area contributed by atoms with Gasteiger partial charge < -0.3 is 19.0 Å². The van der Waals surface area contributed by atoms with Crippen LogP contribution in [0.2, 0.25) is 0 Å². The van der Waals surface area contributed by atoms with Gasteiger partial charge in [0.1, 0.15) is 31.8 Å². The van der Waals surface area contributed by atoms with E-state index in [-0.39, 0.29) is 0 Å². The molecule has 0 aromatic heterocycles. The van der Waals surface area contributed by atoms with Crippen molar-refractivity contribution in [2.45, 2.75) is 34.1 Å². The van der Waals surface area contributed by atoms with Gasteiger partial charge in [-0.1, -0.05) is 17.3 Å². The highest BCUT2D eigenvalue weighted by Gasteiger charge is 2.07. The van der Waals surface area contributed by atoms with E-state index in [9.17, 15) is 0 Å². The first-order valence-corrected chi connectivity index (χ1v) is 8.20. The molecule has 24 heavy (non-hydrogen) atoms. The van der Waals surface area contributed by atoms with Crippen molar-refractivity contribution in [1.29, 1.82) is 0 Å². The van der Waals surface area contributed by atoms with E-state index in [1.165, 1.54) is 0 Å². The first-order valence-electron chi connectivity index (χ1n) is 8.20. The summed E-state index contributed by atoms with van der Waals surface area (Å²) in [6.07, 6.45) is 4.70. The highest BCUT2D eigenvalue weighted by atomic mass is 16.6. The van der Waals surface area contributed by atoms with E-state index in [1.807, 2.05) is 52.0 Å². The van der Waals surface area contributed by atoms with Crippen LogP contribution in [0.5, 0.6) is 11.5 Å². The van der Waals surface area contributed by atoms with Crippen molar-refractivity contribution < 1.29 is 19.0 Å². The molecule has 0 atom stereocenters. The van der Waals surface area contributed by atoms with Crippen molar-refractivity contribution in [3.63, 3.8) is 0 Å². The summed E-state index contributed by atoms with van der Waals surface area (Å²) in [5.74, 6) is 1.76. The lowest BCUT2D eigenvalue weighted by Gasteiger charge is -2.14. The maximum Gasteiger partial charge on any atom is 0.125 e. The first-order chi connectivity index (χ1) is 11.6. The molecular formula is C19H29NO4. The minimum Gasteiger partial charge on any atom is -0.491 e. The highest BCUT2D eigenvalue weighted by molar-refractivity contribution is 5.81. The Morgan fingerprint density at radius 3 is 2.42 bits per heavy atom. The Morgan fingerprint density at radius 2 is 1.79 bits per heavy atom. The van der Waals surface area contributed by atoms with Gasteiger partial charge in [-0.25, -0.2) is 0 Å². The van der Waals surface area contributed by atoms with Crippen molar-refractivity contribution in [2.75, 3.05) is 33.5 Å². The summed E-state index contributed by atoms with van der Waals surface area (Å²) in [7, 11) is 1.54. The standard InChI is InChI=1S/C19H29NO4/c1-6-7-9-23-18-13-15(2)19(16(3)14-18)24-12-11-22-10-8-17(4)20-21-5/h6-7,13-14H,8-12H2,1-5H3/b7-6+,20-17+. The summed E-state index contributed by atoms with van der Waals surface area (Å²) in [4.78, 5) is 4.70. The van der Waals surface area contributed by atoms with Crippen molar-refractivity contribution in [2.24, 2.45) is 5.16 Å². The zero-order valence-corrected chi connectivity index (χ0v) is 15.4. The number of hydrogen-bond acceptors (Lipinski definition) is 5. The molecule has 0 unspecified atom stereocenters. The third kappa shape index (κ3) is 7.51. The quantitative estimate of drug-likeness (QED) is 0.265. The molecule has 5 nitrogen and oxygen atoms in total. The molecule has 0 bridgehead atoms. The van der Waals surface area contributed by atoms with Crippen LogP contribution in [-0.4, -0.2) is 39.2 Å². The van der Waals surface area contributed by atoms with E-state index in [4.69, 9.17) is 19.0 Å². The summed E-state index contributed by atoms with van der Waals surface area (Å²) >= 11 is 0. The Bertz CT molecular complexity index is 529. The zero-order valence-electron chi connectivity index (χ0n) is 15.4. The molecule has 0 heterocycles. The number of aryl methyl sites for hydroxylation is 2. The highest BCUT2D eigenvalue weighted by Crippen LogP contribution is 2.28. The van der Waals surface area contributed by atoms with E-state index in [0.717, 1.165) is 34.8 Å². The smallest absolute Gasteiger partial charge is 0.125 e. The second-order valence-corrected chi connectivity index (χ2v) is 5.49. The van der Waals surface area contributed by atoms with Gasteiger partial charge >= 0.3 is 0 Å². The fraction of sp³-hybridized carbons (Fsp3) is 0.526. The van der Waals surface area contributed by atoms with Crippen LogP contribution < -0.4 is 9.47 Å². The van der Waals surface area contributed by atoms with Crippen LogP contribution in [0.1, 0.15) is 31.4 Å². The number of allylic oxidation sites excluding steroid dienone is 1. The Morgan fingerprint density at radius 1 is 1.08 bits per heavy atom. The third-order valence-electron chi connectivity index (χ3n) is 3.35. The van der Waals surface area contributed by atoms with Gasteiger partial charge in [0.25, 0.3) is 0 Å². The maximum absolute atomic E-state index is 5.85. The number of rotatable bonds is 11. The monoisotopic (exact) mass is 335 g/mol. The van der Waals surface area contributed by atoms with Crippen molar-refractivity contribution in [3.05, 3.63) is 35.4 Å². The average Bonchev–Trinajstić information content (AvgIpc) is 2.53. The summed E-state index contributed by atoms with van der Waals surface area (Å²) in [6, 6.07) is 3.99. The van der Waals surface area contributed by atoms with Gasteiger partial charge in [-0.2, -0.15) is 0 Å². The number of benzene rings is 1. The van der Waals surface area contributed by atoms with E-state index in [2.05, 4.69) is 5.16 Å². The van der Waals surface area contributed by atoms with Crippen LogP contribution in [-0.2, 0) is 9.57 Å². The summed E-state index contributed by atoms with van der Waals surface area (Å²) in [6.45, 7) is 10.2. The molecule has 0 saturated carbocycles. The van der Waals surface area contributed by atoms with Gasteiger partial charge in [-0.3, -0.25) is 0 Å². The fourth-order valence-electron chi connectivity index (χ4n) is 2.19. The molecule has 0 spiro atoms. The average molecular weight is 335 g/mol. The van der Waals surface area contributed by atoms with Crippen molar-refractivity contribution in [3.8, 4) is 11.5 Å². The lowest BCUT2D eigenvalue weighted by molar-refractivity contribution is 0.104. The Hall–Kier alpha value is -2.01. The van der Waals surface area contributed by atoms with Gasteiger partial charge in [-0.15, -0.1) is 0 Å². The Labute approximate surface area is 145 Å². The number of ether oxygens (including phenoxy) is 3. The maximum atomic E-state index is 5.85. The topological polar surface area (TPSA) is 49.3 Å². The second kappa shape index (κ2) is 11.5. The van der Waals surface area contributed by atoms with Crippen molar-refractivity contribution >= 4 is 5.71 Å². The Kier molecular flexibility index (Phi) is 9.61. The van der Waals surface area contributed by atoms with Crippen LogP contribution in [0.25, 0.3) is 0 Å². The molecule has 0 saturated heterocycles. The minimum absolute atomic E-state index is 0.515. The lowest BCUT2D eigenvalue weighted by Crippen LogP contribution is -2.10. The predicted octanol–water partition coefficient (Wildman–Crippen LogP) is 4.07. The molecule has 1 rings (SSSR count). The molecule has 5 heteroatoms. The number of nitrogens with zero attached hydrogens (tertiary/aromatic N) is 1. The Balaban J connectivity index is 2.38. The van der Waals surface area contributed by atoms with Crippen LogP contribution in [0.15, 0.2) is 29.4 Å². The molecule has 1 aromatic rings. The molecule has 0 N–H and O–H groups in total. The van der Waals surface area contributed by atoms with E-state index < -0.39 is 0 Å². The van der Waals surface area contributed by atoms with Gasteiger partial charge in [0.2, 0.25) is 0 Å². The largest absolute Gasteiger partial charge is 0.491 e. The summed E-state index contributed by atoms with van der Waals surface area (Å²) in [5.41, 5.74) is 3.04. The van der Waals surface area contributed by atoms with Crippen LogP contribution in [0.3, 0.4) is 0 Å². The third-order valence-corrected chi connectivity index (χ3v) is 3.35. The molecule has 0 aliphatic heterocycles. The van der Waals surface area contributed by atoms with Crippen LogP contribution in [0, 0.1) is 13.8 Å². The molecule has 0 radical (unpaired) electrons. The van der Waals surface area contributed by atoms with Crippen LogP contribution >= 0.6 is 0 Å².